The first kappa shape index (κ1) is 18.7. The first-order valence-corrected chi connectivity index (χ1v) is 8.66. The number of phenols is 2. The second-order valence-electron chi connectivity index (χ2n) is 6.35. The number of benzene rings is 1. The molecule has 22 heavy (non-hydrogen) atoms. The molecule has 0 amide bonds. The summed E-state index contributed by atoms with van der Waals surface area (Å²) in [7, 11) is 0. The van der Waals surface area contributed by atoms with E-state index >= 15 is 0 Å². The summed E-state index contributed by atoms with van der Waals surface area (Å²) < 4.78 is 5.85. The Bertz CT molecular complexity index is 454. The van der Waals surface area contributed by atoms with Crippen LogP contribution in [-0.4, -0.2) is 16.3 Å². The number of rotatable bonds is 10. The Labute approximate surface area is 135 Å². The molecule has 3 heteroatoms. The average Bonchev–Trinajstić information content (AvgIpc) is 2.48. The van der Waals surface area contributed by atoms with Crippen LogP contribution in [0.2, 0.25) is 0 Å². The van der Waals surface area contributed by atoms with Crippen LogP contribution in [0.4, 0.5) is 0 Å². The highest BCUT2D eigenvalue weighted by Gasteiger charge is 2.15. The topological polar surface area (TPSA) is 49.7 Å². The fraction of sp³-hybridized carbons (Fsp3) is 0.684. The number of hydrogen-bond acceptors (Lipinski definition) is 3. The number of phenolic OH excluding ortho intramolecular Hbond substituents is 2. The van der Waals surface area contributed by atoms with Crippen molar-refractivity contribution in [1.82, 2.24) is 0 Å². The molecule has 1 aromatic carbocycles. The molecule has 3 nitrogen and oxygen atoms in total. The minimum atomic E-state index is 0.0438. The first-order chi connectivity index (χ1) is 10.5. The van der Waals surface area contributed by atoms with Gasteiger partial charge in [0.25, 0.3) is 0 Å². The summed E-state index contributed by atoms with van der Waals surface area (Å²) in [6.45, 7) is 7.80. The van der Waals surface area contributed by atoms with Gasteiger partial charge in [0.15, 0.2) is 11.5 Å². The molecule has 0 bridgehead atoms. The molecule has 0 aliphatic carbocycles. The lowest BCUT2D eigenvalue weighted by atomic mass is 10.1. The van der Waals surface area contributed by atoms with E-state index in [-0.39, 0.29) is 17.6 Å². The van der Waals surface area contributed by atoms with Crippen LogP contribution in [-0.2, 0) is 0 Å². The first-order valence-electron chi connectivity index (χ1n) is 8.66. The molecule has 1 atom stereocenters. The molecule has 0 aromatic heterocycles. The van der Waals surface area contributed by atoms with Crippen LogP contribution in [0.25, 0.3) is 0 Å². The van der Waals surface area contributed by atoms with E-state index in [9.17, 15) is 10.2 Å². The normalized spacial score (nSPS) is 12.4. The van der Waals surface area contributed by atoms with Gasteiger partial charge in [-0.2, -0.15) is 0 Å². The summed E-state index contributed by atoms with van der Waals surface area (Å²) >= 11 is 0. The van der Waals surface area contributed by atoms with Crippen LogP contribution in [0.3, 0.4) is 0 Å². The SMILES string of the molecule is CCCCCCCCCC(C)Oc1c(O)cc(C)c(O)c1C. The van der Waals surface area contributed by atoms with Crippen molar-refractivity contribution in [2.45, 2.75) is 85.2 Å². The largest absolute Gasteiger partial charge is 0.507 e. The molecular formula is C19H32O3. The highest BCUT2D eigenvalue weighted by atomic mass is 16.5. The number of unbranched alkanes of at least 4 members (excludes halogenated alkanes) is 6. The highest BCUT2D eigenvalue weighted by molar-refractivity contribution is 5.55. The van der Waals surface area contributed by atoms with Gasteiger partial charge in [0.05, 0.1) is 6.10 Å². The van der Waals surface area contributed by atoms with Gasteiger partial charge in [0.2, 0.25) is 0 Å². The van der Waals surface area contributed by atoms with Crippen LogP contribution in [0, 0.1) is 13.8 Å². The van der Waals surface area contributed by atoms with E-state index in [1.807, 2.05) is 6.92 Å². The minimum Gasteiger partial charge on any atom is -0.507 e. The van der Waals surface area contributed by atoms with Gasteiger partial charge < -0.3 is 14.9 Å². The zero-order valence-electron chi connectivity index (χ0n) is 14.6. The molecule has 0 heterocycles. The summed E-state index contributed by atoms with van der Waals surface area (Å²) in [6.07, 6.45) is 10.00. The van der Waals surface area contributed by atoms with Crippen LogP contribution in [0.5, 0.6) is 17.2 Å². The molecule has 0 aliphatic rings. The van der Waals surface area contributed by atoms with E-state index in [4.69, 9.17) is 4.74 Å². The van der Waals surface area contributed by atoms with Crippen molar-refractivity contribution < 1.29 is 14.9 Å². The molecule has 0 spiro atoms. The van der Waals surface area contributed by atoms with Gasteiger partial charge in [0.1, 0.15) is 5.75 Å². The molecule has 1 unspecified atom stereocenters. The van der Waals surface area contributed by atoms with Crippen molar-refractivity contribution in [2.24, 2.45) is 0 Å². The van der Waals surface area contributed by atoms with E-state index in [2.05, 4.69) is 6.92 Å². The van der Waals surface area contributed by atoms with E-state index in [0.717, 1.165) is 12.8 Å². The maximum Gasteiger partial charge on any atom is 0.167 e. The van der Waals surface area contributed by atoms with Crippen molar-refractivity contribution in [3.05, 3.63) is 17.2 Å². The van der Waals surface area contributed by atoms with Gasteiger partial charge in [-0.25, -0.2) is 0 Å². The highest BCUT2D eigenvalue weighted by Crippen LogP contribution is 2.39. The van der Waals surface area contributed by atoms with Crippen LogP contribution >= 0.6 is 0 Å². The third kappa shape index (κ3) is 5.78. The predicted octanol–water partition coefficient (Wildman–Crippen LogP) is 5.62. The predicted molar refractivity (Wildman–Crippen MR) is 91.9 cm³/mol. The molecular weight excluding hydrogens is 276 g/mol. The van der Waals surface area contributed by atoms with Crippen LogP contribution in [0.15, 0.2) is 6.07 Å². The van der Waals surface area contributed by atoms with Crippen LogP contribution in [0.1, 0.15) is 76.3 Å². The zero-order valence-corrected chi connectivity index (χ0v) is 14.6. The molecule has 0 aliphatic heterocycles. The summed E-state index contributed by atoms with van der Waals surface area (Å²) in [6, 6.07) is 1.55. The molecule has 0 saturated heterocycles. The van der Waals surface area contributed by atoms with Gasteiger partial charge in [0, 0.05) is 5.56 Å². The lowest BCUT2D eigenvalue weighted by molar-refractivity contribution is 0.196. The smallest absolute Gasteiger partial charge is 0.167 e. The molecule has 0 saturated carbocycles. The third-order valence-corrected chi connectivity index (χ3v) is 4.19. The summed E-state index contributed by atoms with van der Waals surface area (Å²) in [4.78, 5) is 0. The maximum atomic E-state index is 10.0. The van der Waals surface area contributed by atoms with Crippen molar-refractivity contribution >= 4 is 0 Å². The Morgan fingerprint density at radius 3 is 2.23 bits per heavy atom. The van der Waals surface area contributed by atoms with Gasteiger partial charge in [-0.3, -0.25) is 0 Å². The quantitative estimate of drug-likeness (QED) is 0.435. The Balaban J connectivity index is 2.37. The minimum absolute atomic E-state index is 0.0438. The van der Waals surface area contributed by atoms with Gasteiger partial charge in [-0.1, -0.05) is 45.4 Å². The third-order valence-electron chi connectivity index (χ3n) is 4.19. The average molecular weight is 308 g/mol. The number of aromatic hydroxyl groups is 2. The summed E-state index contributed by atoms with van der Waals surface area (Å²) in [5.41, 5.74) is 1.28. The summed E-state index contributed by atoms with van der Waals surface area (Å²) in [5.74, 6) is 0.730. The van der Waals surface area contributed by atoms with E-state index in [0.29, 0.717) is 16.9 Å². The monoisotopic (exact) mass is 308 g/mol. The standard InChI is InChI=1S/C19H32O3/c1-5-6-7-8-9-10-11-12-15(3)22-19-16(4)18(21)14(2)13-17(19)20/h13,15,20-21H,5-12H2,1-4H3. The van der Waals surface area contributed by atoms with Crippen molar-refractivity contribution in [3.63, 3.8) is 0 Å². The second kappa shape index (κ2) is 9.60. The molecule has 1 aromatic rings. The Kier molecular flexibility index (Phi) is 8.15. The van der Waals surface area contributed by atoms with E-state index in [1.165, 1.54) is 38.5 Å². The van der Waals surface area contributed by atoms with E-state index in [1.54, 1.807) is 19.9 Å². The van der Waals surface area contributed by atoms with Crippen molar-refractivity contribution in [1.29, 1.82) is 0 Å². The zero-order chi connectivity index (χ0) is 16.5. The lowest BCUT2D eigenvalue weighted by Crippen LogP contribution is -2.12. The molecule has 1 rings (SSSR count). The van der Waals surface area contributed by atoms with E-state index < -0.39 is 0 Å². The molecule has 2 N–H and O–H groups in total. The summed E-state index contributed by atoms with van der Waals surface area (Å²) in [5, 5.41) is 20.0. The fourth-order valence-electron chi connectivity index (χ4n) is 2.73. The lowest BCUT2D eigenvalue weighted by Gasteiger charge is -2.19. The van der Waals surface area contributed by atoms with Gasteiger partial charge in [-0.05, 0) is 45.2 Å². The fourth-order valence-corrected chi connectivity index (χ4v) is 2.73. The van der Waals surface area contributed by atoms with Crippen molar-refractivity contribution in [3.8, 4) is 17.2 Å². The van der Waals surface area contributed by atoms with Gasteiger partial charge >= 0.3 is 0 Å². The number of ether oxygens (including phenoxy) is 1. The number of hydrogen-bond donors (Lipinski definition) is 2. The van der Waals surface area contributed by atoms with Crippen molar-refractivity contribution in [2.75, 3.05) is 0 Å². The Hall–Kier alpha value is -1.38. The molecule has 126 valence electrons. The second-order valence-corrected chi connectivity index (χ2v) is 6.35. The molecule has 0 radical (unpaired) electrons. The number of aryl methyl sites for hydroxylation is 1. The van der Waals surface area contributed by atoms with Crippen LogP contribution < -0.4 is 4.74 Å². The molecule has 0 fully saturated rings. The maximum absolute atomic E-state index is 10.0. The Morgan fingerprint density at radius 2 is 1.59 bits per heavy atom. The Morgan fingerprint density at radius 1 is 1.00 bits per heavy atom. The van der Waals surface area contributed by atoms with Gasteiger partial charge in [-0.15, -0.1) is 0 Å².